The van der Waals surface area contributed by atoms with E-state index in [2.05, 4.69) is 241 Å². The molecule has 12 aromatic rings. The lowest BCUT2D eigenvalue weighted by Gasteiger charge is -2.26. The van der Waals surface area contributed by atoms with Gasteiger partial charge in [-0.15, -0.1) is 11.3 Å². The summed E-state index contributed by atoms with van der Waals surface area (Å²) in [7, 11) is 0. The Morgan fingerprint density at radius 1 is 0.347 bits per heavy atom. The number of hydrogen-bond donors (Lipinski definition) is 0. The largest absolute Gasteiger partial charge is 0.310 e. The average Bonchev–Trinajstić information content (AvgIpc) is 4.08. The summed E-state index contributed by atoms with van der Waals surface area (Å²) >= 11 is 1.94. The Morgan fingerprint density at radius 2 is 0.875 bits per heavy atom. The van der Waals surface area contributed by atoms with Gasteiger partial charge in [0.25, 0.3) is 0 Å². The molecule has 9 aromatic carbocycles. The van der Waals surface area contributed by atoms with Crippen LogP contribution in [0.3, 0.4) is 0 Å². The number of thiophene rings is 1. The van der Waals surface area contributed by atoms with Crippen molar-refractivity contribution in [2.45, 2.75) is 78.6 Å². The molecular weight excluding hydrogens is 891 g/mol. The first-order chi connectivity index (χ1) is 35.6. The molecule has 3 aromatic heterocycles. The van der Waals surface area contributed by atoms with Gasteiger partial charge in [0.1, 0.15) is 0 Å². The zero-order chi connectivity index (χ0) is 48.5. The van der Waals surface area contributed by atoms with Crippen LogP contribution in [0.1, 0.15) is 76.0 Å². The molecule has 0 amide bonds. The summed E-state index contributed by atoms with van der Waals surface area (Å²) < 4.78 is 5.21. The minimum Gasteiger partial charge on any atom is -0.310 e. The third-order valence-corrected chi connectivity index (χ3v) is 16.0. The van der Waals surface area contributed by atoms with Crippen molar-refractivity contribution in [1.29, 1.82) is 0 Å². The van der Waals surface area contributed by atoms with Crippen molar-refractivity contribution in [1.82, 2.24) is 4.40 Å². The maximum atomic E-state index is 2.59. The highest BCUT2D eigenvalue weighted by atomic mass is 32.1. The molecule has 12 rings (SSSR count). The lowest BCUT2D eigenvalue weighted by molar-refractivity contribution is 0.795. The SMILES string of the molecule is CCCCc1ccc(N(c2ccccc2)c2ccc3c(c2)c2cc(-c4cccc(CCCC)c4)cc4c5sc6cc(N(c7cccc(CCCC)c7)c7cccc(-c8ccccc8)c7)ccc6c5n3c24)cc1. The fourth-order valence-corrected chi connectivity index (χ4v) is 12.3. The van der Waals surface area contributed by atoms with Gasteiger partial charge in [0.2, 0.25) is 0 Å². The molecule has 0 aliphatic rings. The van der Waals surface area contributed by atoms with Crippen LogP contribution < -0.4 is 9.80 Å². The van der Waals surface area contributed by atoms with Crippen LogP contribution in [0.2, 0.25) is 0 Å². The van der Waals surface area contributed by atoms with E-state index in [-0.39, 0.29) is 0 Å². The summed E-state index contributed by atoms with van der Waals surface area (Å²) in [5.74, 6) is 0. The summed E-state index contributed by atoms with van der Waals surface area (Å²) in [6.07, 6.45) is 10.4. The van der Waals surface area contributed by atoms with Crippen molar-refractivity contribution < 1.29 is 0 Å². The van der Waals surface area contributed by atoms with Gasteiger partial charge in [0.05, 0.1) is 21.3 Å². The molecule has 0 N–H and O–H groups in total. The molecular formula is C68H61N3S. The number of fused-ring (bicyclic) bond motifs is 8. The molecule has 0 aliphatic carbocycles. The fraction of sp³-hybridized carbons (Fsp3) is 0.176. The average molecular weight is 952 g/mol. The summed E-state index contributed by atoms with van der Waals surface area (Å²) in [6.45, 7) is 6.82. The third-order valence-electron chi connectivity index (χ3n) is 14.8. The Morgan fingerprint density at radius 3 is 1.61 bits per heavy atom. The van der Waals surface area contributed by atoms with Gasteiger partial charge in [-0.1, -0.05) is 149 Å². The minimum absolute atomic E-state index is 1.07. The number of aromatic nitrogens is 1. The van der Waals surface area contributed by atoms with Crippen molar-refractivity contribution in [3.63, 3.8) is 0 Å². The predicted octanol–water partition coefficient (Wildman–Crippen LogP) is 20.4. The monoisotopic (exact) mass is 951 g/mol. The number of benzene rings is 9. The van der Waals surface area contributed by atoms with Gasteiger partial charge in [0, 0.05) is 60.4 Å². The molecule has 0 bridgehead atoms. The van der Waals surface area contributed by atoms with Crippen molar-refractivity contribution in [3.05, 3.63) is 223 Å². The number of rotatable bonds is 17. The molecule has 3 heterocycles. The van der Waals surface area contributed by atoms with Crippen molar-refractivity contribution >= 4 is 93.0 Å². The number of para-hydroxylation sites is 1. The van der Waals surface area contributed by atoms with E-state index < -0.39 is 0 Å². The minimum atomic E-state index is 1.07. The zero-order valence-electron chi connectivity index (χ0n) is 41.7. The molecule has 0 radical (unpaired) electrons. The van der Waals surface area contributed by atoms with Gasteiger partial charge >= 0.3 is 0 Å². The maximum Gasteiger partial charge on any atom is 0.0728 e. The van der Waals surface area contributed by atoms with Crippen LogP contribution in [0.5, 0.6) is 0 Å². The second-order valence-corrected chi connectivity index (χ2v) is 20.7. The van der Waals surface area contributed by atoms with E-state index in [0.717, 1.165) is 47.7 Å². The second-order valence-electron chi connectivity index (χ2n) is 19.7. The number of hydrogen-bond acceptors (Lipinski definition) is 3. The first kappa shape index (κ1) is 45.5. The van der Waals surface area contributed by atoms with Crippen LogP contribution in [0, 0.1) is 0 Å². The first-order valence-electron chi connectivity index (χ1n) is 26.3. The smallest absolute Gasteiger partial charge is 0.0728 e. The molecule has 0 fully saturated rings. The fourth-order valence-electron chi connectivity index (χ4n) is 11.1. The molecule has 0 spiro atoms. The Labute approximate surface area is 428 Å². The van der Waals surface area contributed by atoms with Crippen molar-refractivity contribution in [2.24, 2.45) is 0 Å². The van der Waals surface area contributed by atoms with Crippen LogP contribution in [0.15, 0.2) is 206 Å². The van der Waals surface area contributed by atoms with E-state index >= 15 is 0 Å². The highest BCUT2D eigenvalue weighted by Gasteiger charge is 2.25. The molecule has 0 saturated heterocycles. The van der Waals surface area contributed by atoms with E-state index in [4.69, 9.17) is 0 Å². The van der Waals surface area contributed by atoms with Gasteiger partial charge in [-0.2, -0.15) is 0 Å². The molecule has 3 nitrogen and oxygen atoms in total. The van der Waals surface area contributed by atoms with Crippen LogP contribution in [-0.2, 0) is 19.3 Å². The molecule has 354 valence electrons. The topological polar surface area (TPSA) is 10.9 Å². The summed E-state index contributed by atoms with van der Waals surface area (Å²) in [5, 5.41) is 5.16. The summed E-state index contributed by atoms with van der Waals surface area (Å²) in [6, 6.07) is 77.7. The van der Waals surface area contributed by atoms with Gasteiger partial charge < -0.3 is 14.2 Å². The van der Waals surface area contributed by atoms with E-state index in [0.29, 0.717) is 0 Å². The highest BCUT2D eigenvalue weighted by Crippen LogP contribution is 2.50. The van der Waals surface area contributed by atoms with Gasteiger partial charge in [-0.25, -0.2) is 0 Å². The maximum absolute atomic E-state index is 2.59. The molecule has 72 heavy (non-hydrogen) atoms. The number of aryl methyl sites for hydroxylation is 3. The number of anilines is 6. The van der Waals surface area contributed by atoms with E-state index in [9.17, 15) is 0 Å². The van der Waals surface area contributed by atoms with Crippen LogP contribution in [0.25, 0.3) is 69.7 Å². The number of nitrogens with zero attached hydrogens (tertiary/aromatic N) is 3. The van der Waals surface area contributed by atoms with Gasteiger partial charge in [0.15, 0.2) is 0 Å². The van der Waals surface area contributed by atoms with Gasteiger partial charge in [-0.05, 0) is 175 Å². The van der Waals surface area contributed by atoms with E-state index in [1.54, 1.807) is 0 Å². The Bertz CT molecular complexity index is 3830. The predicted molar refractivity (Wildman–Crippen MR) is 313 cm³/mol. The van der Waals surface area contributed by atoms with Crippen molar-refractivity contribution in [2.75, 3.05) is 9.80 Å². The Balaban J connectivity index is 1.06. The highest BCUT2D eigenvalue weighted by molar-refractivity contribution is 7.26. The standard InChI is InChI=1S/C68H61N3S/c1-4-7-19-47-32-34-55(35-33-47)69(54-28-14-11-15-29-54)58-37-39-64-61(45-58)62-43-53(51-26-16-22-48(40-51)20-8-5-2)44-63-66(62)71(64)67-60-38-36-59(46-65(60)72-68(63)67)70(56-30-17-23-49(41-56)21-9-6-3)57-31-18-27-52(42-57)50-24-12-10-13-25-50/h10-18,22-46H,4-9,19-21H2,1-3H3. The summed E-state index contributed by atoms with van der Waals surface area (Å²) in [4.78, 5) is 4.89. The quantitative estimate of drug-likeness (QED) is 0.0901. The van der Waals surface area contributed by atoms with E-state index in [1.165, 1.54) is 131 Å². The molecule has 0 unspecified atom stereocenters. The first-order valence-corrected chi connectivity index (χ1v) is 27.2. The molecule has 0 saturated carbocycles. The normalized spacial score (nSPS) is 11.8. The Kier molecular flexibility index (Phi) is 12.5. The molecule has 4 heteroatoms. The summed E-state index contributed by atoms with van der Waals surface area (Å²) in [5.41, 5.74) is 19.9. The second kappa shape index (κ2) is 19.9. The zero-order valence-corrected chi connectivity index (χ0v) is 42.6. The third kappa shape index (κ3) is 8.48. The van der Waals surface area contributed by atoms with Crippen molar-refractivity contribution in [3.8, 4) is 22.3 Å². The lowest BCUT2D eigenvalue weighted by Crippen LogP contribution is -2.10. The molecule has 0 atom stereocenters. The van der Waals surface area contributed by atoms with Crippen LogP contribution in [0.4, 0.5) is 34.1 Å². The van der Waals surface area contributed by atoms with Crippen LogP contribution in [-0.4, -0.2) is 4.40 Å². The lowest BCUT2D eigenvalue weighted by atomic mass is 9.97. The van der Waals surface area contributed by atoms with Crippen LogP contribution >= 0.6 is 11.3 Å². The molecule has 0 aliphatic heterocycles. The number of unbranched alkanes of at least 4 members (excludes halogenated alkanes) is 3. The Hall–Kier alpha value is -7.66. The van der Waals surface area contributed by atoms with Gasteiger partial charge in [-0.3, -0.25) is 0 Å². The van der Waals surface area contributed by atoms with E-state index in [1.807, 2.05) is 11.3 Å².